The molecule has 4 fully saturated rings. The predicted octanol–water partition coefficient (Wildman–Crippen LogP) is 4.59. The smallest absolute Gasteiger partial charge is 0.302 e. The molecule has 0 radical (unpaired) electrons. The van der Waals surface area contributed by atoms with Gasteiger partial charge in [0.1, 0.15) is 17.7 Å². The first-order valence-electron chi connectivity index (χ1n) is 11.3. The Balaban J connectivity index is 1.62. The van der Waals surface area contributed by atoms with Crippen LogP contribution in [0.4, 0.5) is 0 Å². The summed E-state index contributed by atoms with van der Waals surface area (Å²) >= 11 is 0. The quantitative estimate of drug-likeness (QED) is 0.649. The average Bonchev–Trinajstić information content (AvgIpc) is 2.84. The van der Waals surface area contributed by atoms with Crippen molar-refractivity contribution in [3.8, 4) is 0 Å². The second-order valence-corrected chi connectivity index (χ2v) is 11.0. The zero-order valence-electron chi connectivity index (χ0n) is 18.1. The van der Waals surface area contributed by atoms with Gasteiger partial charge in [-0.2, -0.15) is 0 Å². The van der Waals surface area contributed by atoms with Crippen LogP contribution in [0.1, 0.15) is 79.6 Å². The van der Waals surface area contributed by atoms with Gasteiger partial charge in [-0.05, 0) is 80.0 Å². The summed E-state index contributed by atoms with van der Waals surface area (Å²) in [5.41, 5.74) is -0.128. The summed E-state index contributed by atoms with van der Waals surface area (Å²) in [6.07, 6.45) is 6.63. The highest BCUT2D eigenvalue weighted by Gasteiger charge is 2.65. The van der Waals surface area contributed by atoms with Gasteiger partial charge in [0.15, 0.2) is 0 Å². The molecule has 9 atom stereocenters. The molecule has 28 heavy (non-hydrogen) atoms. The number of hydrogen-bond acceptors (Lipinski definition) is 4. The molecule has 4 heteroatoms. The summed E-state index contributed by atoms with van der Waals surface area (Å²) in [5, 5.41) is 0. The van der Waals surface area contributed by atoms with E-state index >= 15 is 0 Å². The Hall–Kier alpha value is -1.19. The Labute approximate surface area is 169 Å². The maximum Gasteiger partial charge on any atom is 0.302 e. The molecule has 156 valence electrons. The van der Waals surface area contributed by atoms with E-state index < -0.39 is 0 Å². The minimum atomic E-state index is -0.193. The molecule has 0 aromatic carbocycles. The number of fused-ring (bicyclic) bond motifs is 5. The van der Waals surface area contributed by atoms with Crippen LogP contribution < -0.4 is 0 Å². The summed E-state index contributed by atoms with van der Waals surface area (Å²) in [7, 11) is 0. The standard InChI is InChI=1S/C24H36O4/c1-13-10-19-18-7-6-16-11-17(28-15(3)26)8-9-23(16,4)22(18)20(27)12-24(19,5)21(13)14(2)25/h13,16-19,21-22H,6-12H2,1-5H3/t13?,16?,17?,18-,19-,21+,22+,23-,24-/m0/s1. The van der Waals surface area contributed by atoms with E-state index in [0.717, 1.165) is 38.5 Å². The SMILES string of the molecule is CC(=O)OC1CC[C@@]2(C)C(CC[C@H]3[C@@H]4CC(C)[C@H](C(C)=O)[C@@]4(C)CC(=O)[C@@H]32)C1. The van der Waals surface area contributed by atoms with Gasteiger partial charge in [-0.1, -0.05) is 20.8 Å². The van der Waals surface area contributed by atoms with Crippen molar-refractivity contribution in [3.63, 3.8) is 0 Å². The highest BCUT2D eigenvalue weighted by Crippen LogP contribution is 2.67. The number of ketones is 2. The highest BCUT2D eigenvalue weighted by molar-refractivity contribution is 5.87. The van der Waals surface area contributed by atoms with E-state index in [1.165, 1.54) is 6.92 Å². The van der Waals surface area contributed by atoms with Crippen LogP contribution >= 0.6 is 0 Å². The Kier molecular flexibility index (Phi) is 4.79. The fraction of sp³-hybridized carbons (Fsp3) is 0.875. The number of ether oxygens (including phenoxy) is 1. The van der Waals surface area contributed by atoms with Crippen molar-refractivity contribution >= 4 is 17.5 Å². The van der Waals surface area contributed by atoms with Gasteiger partial charge in [0.25, 0.3) is 0 Å². The van der Waals surface area contributed by atoms with Crippen LogP contribution in [0.2, 0.25) is 0 Å². The second kappa shape index (κ2) is 6.67. The van der Waals surface area contributed by atoms with E-state index in [1.807, 2.05) is 0 Å². The third kappa shape index (κ3) is 2.81. The van der Waals surface area contributed by atoms with Gasteiger partial charge in [0.2, 0.25) is 0 Å². The maximum atomic E-state index is 13.6. The number of carbonyl (C=O) groups excluding carboxylic acids is 3. The van der Waals surface area contributed by atoms with Gasteiger partial charge < -0.3 is 4.74 Å². The molecule has 0 spiro atoms. The number of hydrogen-bond donors (Lipinski definition) is 0. The molecule has 0 bridgehead atoms. The highest BCUT2D eigenvalue weighted by atomic mass is 16.5. The fourth-order valence-electron chi connectivity index (χ4n) is 8.61. The van der Waals surface area contributed by atoms with Crippen molar-refractivity contribution in [2.75, 3.05) is 0 Å². The van der Waals surface area contributed by atoms with Gasteiger partial charge in [-0.15, -0.1) is 0 Å². The van der Waals surface area contributed by atoms with E-state index in [4.69, 9.17) is 4.74 Å². The lowest BCUT2D eigenvalue weighted by molar-refractivity contribution is -0.169. The molecule has 0 amide bonds. The summed E-state index contributed by atoms with van der Waals surface area (Å²) in [6.45, 7) is 9.99. The Bertz CT molecular complexity index is 699. The minimum absolute atomic E-state index is 0.0182. The zero-order valence-corrected chi connectivity index (χ0v) is 18.1. The van der Waals surface area contributed by atoms with Crippen LogP contribution in [0.3, 0.4) is 0 Å². The van der Waals surface area contributed by atoms with E-state index in [2.05, 4.69) is 20.8 Å². The molecule has 4 aliphatic rings. The lowest BCUT2D eigenvalue weighted by Crippen LogP contribution is -2.58. The van der Waals surface area contributed by atoms with Crippen LogP contribution in [0.5, 0.6) is 0 Å². The molecular formula is C24H36O4. The van der Waals surface area contributed by atoms with Crippen LogP contribution in [0, 0.1) is 46.3 Å². The lowest BCUT2D eigenvalue weighted by Gasteiger charge is -2.59. The van der Waals surface area contributed by atoms with Crippen molar-refractivity contribution in [1.82, 2.24) is 0 Å². The Morgan fingerprint density at radius 2 is 1.75 bits per heavy atom. The summed E-state index contributed by atoms with van der Waals surface area (Å²) in [5.74, 6) is 2.39. The summed E-state index contributed by atoms with van der Waals surface area (Å²) in [6, 6.07) is 0. The molecule has 0 saturated heterocycles. The first-order valence-corrected chi connectivity index (χ1v) is 11.3. The van der Waals surface area contributed by atoms with E-state index in [1.54, 1.807) is 6.92 Å². The largest absolute Gasteiger partial charge is 0.463 e. The molecule has 0 aromatic rings. The van der Waals surface area contributed by atoms with Gasteiger partial charge in [-0.3, -0.25) is 14.4 Å². The number of esters is 1. The minimum Gasteiger partial charge on any atom is -0.463 e. The molecule has 3 unspecified atom stereocenters. The number of rotatable bonds is 2. The van der Waals surface area contributed by atoms with Crippen LogP contribution in [0.25, 0.3) is 0 Å². The second-order valence-electron chi connectivity index (χ2n) is 11.0. The molecule has 0 heterocycles. The van der Waals surface area contributed by atoms with E-state index in [-0.39, 0.29) is 40.5 Å². The first-order chi connectivity index (χ1) is 13.1. The first kappa shape index (κ1) is 20.1. The van der Waals surface area contributed by atoms with Crippen molar-refractivity contribution in [2.24, 2.45) is 46.3 Å². The Morgan fingerprint density at radius 3 is 2.39 bits per heavy atom. The zero-order chi connectivity index (χ0) is 20.4. The summed E-state index contributed by atoms with van der Waals surface area (Å²) < 4.78 is 5.53. The molecule has 4 aliphatic carbocycles. The van der Waals surface area contributed by atoms with Crippen LogP contribution in [-0.4, -0.2) is 23.6 Å². The normalized spacial score (nSPS) is 50.3. The van der Waals surface area contributed by atoms with Gasteiger partial charge in [0, 0.05) is 25.2 Å². The topological polar surface area (TPSA) is 60.4 Å². The molecule has 0 N–H and O–H groups in total. The number of carbonyl (C=O) groups is 3. The molecule has 0 aliphatic heterocycles. The Morgan fingerprint density at radius 1 is 1.04 bits per heavy atom. The van der Waals surface area contributed by atoms with Crippen molar-refractivity contribution < 1.29 is 19.1 Å². The van der Waals surface area contributed by atoms with E-state index in [9.17, 15) is 14.4 Å². The molecule has 0 aromatic heterocycles. The van der Waals surface area contributed by atoms with Crippen molar-refractivity contribution in [2.45, 2.75) is 85.7 Å². The fourth-order valence-corrected chi connectivity index (χ4v) is 8.61. The predicted molar refractivity (Wildman–Crippen MR) is 106 cm³/mol. The molecule has 4 nitrogen and oxygen atoms in total. The average molecular weight is 389 g/mol. The summed E-state index contributed by atoms with van der Waals surface area (Å²) in [4.78, 5) is 37.4. The molecule has 4 saturated carbocycles. The van der Waals surface area contributed by atoms with E-state index in [0.29, 0.717) is 35.9 Å². The maximum absolute atomic E-state index is 13.6. The lowest BCUT2D eigenvalue weighted by atomic mass is 9.44. The molecule has 4 rings (SSSR count). The monoisotopic (exact) mass is 388 g/mol. The third-order valence-electron chi connectivity index (χ3n) is 9.41. The van der Waals surface area contributed by atoms with Crippen LogP contribution in [0.15, 0.2) is 0 Å². The van der Waals surface area contributed by atoms with Gasteiger partial charge >= 0.3 is 5.97 Å². The molecular weight excluding hydrogens is 352 g/mol. The van der Waals surface area contributed by atoms with Crippen LogP contribution in [-0.2, 0) is 19.1 Å². The van der Waals surface area contributed by atoms with Crippen molar-refractivity contribution in [1.29, 1.82) is 0 Å². The third-order valence-corrected chi connectivity index (χ3v) is 9.41. The van der Waals surface area contributed by atoms with Crippen molar-refractivity contribution in [3.05, 3.63) is 0 Å². The van der Waals surface area contributed by atoms with Gasteiger partial charge in [0.05, 0.1) is 0 Å². The van der Waals surface area contributed by atoms with Gasteiger partial charge in [-0.25, -0.2) is 0 Å². The number of Topliss-reactive ketones (excluding diaryl/α,β-unsaturated/α-hetero) is 2.